The highest BCUT2D eigenvalue weighted by Gasteiger charge is 2.66. The number of rotatable bonds is 11. The molecule has 0 spiro atoms. The third kappa shape index (κ3) is 6.07. The van der Waals surface area contributed by atoms with Crippen molar-refractivity contribution in [2.45, 2.75) is 50.6 Å². The van der Waals surface area contributed by atoms with Crippen molar-refractivity contribution < 1.29 is 41.1 Å². The molecule has 5 rings (SSSR count). The minimum absolute atomic E-state index is 0.0802. The number of ketones is 1. The number of alkyl halides is 3. The summed E-state index contributed by atoms with van der Waals surface area (Å²) in [5.74, 6) is -0.745. The van der Waals surface area contributed by atoms with Gasteiger partial charge < -0.3 is 24.1 Å². The zero-order chi connectivity index (χ0) is 30.1. The largest absolute Gasteiger partial charge is 0.493 e. The van der Waals surface area contributed by atoms with E-state index in [1.54, 1.807) is 24.4 Å². The van der Waals surface area contributed by atoms with E-state index >= 15 is 4.39 Å². The summed E-state index contributed by atoms with van der Waals surface area (Å²) in [5, 5.41) is 6.62. The number of anilines is 1. The van der Waals surface area contributed by atoms with Gasteiger partial charge >= 0.3 is 6.18 Å². The number of hydrogen-bond donors (Lipinski definition) is 1. The molecular weight excluding hydrogens is 558 g/mol. The van der Waals surface area contributed by atoms with Crippen LogP contribution in [0.4, 0.5) is 23.4 Å². The molecule has 0 bridgehead atoms. The number of amides is 1. The Hall–Kier alpha value is -4.48. The number of carbonyl (C=O) groups is 2. The van der Waals surface area contributed by atoms with Crippen molar-refractivity contribution in [1.82, 2.24) is 10.1 Å². The lowest BCUT2D eigenvalue weighted by molar-refractivity contribution is -0.165. The molecule has 2 aromatic heterocycles. The van der Waals surface area contributed by atoms with E-state index in [4.69, 9.17) is 14.0 Å². The predicted octanol–water partition coefficient (Wildman–Crippen LogP) is 6.56. The summed E-state index contributed by atoms with van der Waals surface area (Å²) in [6.45, 7) is 1.86. The van der Waals surface area contributed by atoms with Gasteiger partial charge in [-0.15, -0.1) is 0 Å². The molecule has 1 saturated carbocycles. The van der Waals surface area contributed by atoms with E-state index in [-0.39, 0.29) is 42.2 Å². The molecule has 1 amide bonds. The second kappa shape index (κ2) is 11.4. The van der Waals surface area contributed by atoms with Crippen molar-refractivity contribution in [2.75, 3.05) is 19.0 Å². The minimum Gasteiger partial charge on any atom is -0.493 e. The lowest BCUT2D eigenvalue weighted by Crippen LogP contribution is -2.28. The fourth-order valence-electron chi connectivity index (χ4n) is 4.65. The first-order valence-electron chi connectivity index (χ1n) is 13.2. The Kier molecular flexibility index (Phi) is 7.89. The Labute approximate surface area is 238 Å². The topological polar surface area (TPSA) is 104 Å². The number of halogens is 4. The van der Waals surface area contributed by atoms with Crippen molar-refractivity contribution in [3.63, 3.8) is 0 Å². The molecule has 0 radical (unpaired) electrons. The van der Waals surface area contributed by atoms with Crippen LogP contribution in [0.1, 0.15) is 43.9 Å². The molecule has 2 heterocycles. The van der Waals surface area contributed by atoms with Gasteiger partial charge in [-0.25, -0.2) is 4.39 Å². The van der Waals surface area contributed by atoms with Gasteiger partial charge in [0.15, 0.2) is 23.1 Å². The van der Waals surface area contributed by atoms with E-state index in [0.717, 1.165) is 11.5 Å². The van der Waals surface area contributed by atoms with Crippen molar-refractivity contribution in [1.29, 1.82) is 0 Å². The molecule has 220 valence electrons. The van der Waals surface area contributed by atoms with Crippen LogP contribution in [0.5, 0.6) is 11.5 Å². The summed E-state index contributed by atoms with van der Waals surface area (Å²) in [4.78, 5) is 28.1. The quantitative estimate of drug-likeness (QED) is 0.157. The van der Waals surface area contributed by atoms with Gasteiger partial charge in [-0.2, -0.15) is 13.2 Å². The zero-order valence-corrected chi connectivity index (χ0v) is 22.8. The van der Waals surface area contributed by atoms with Gasteiger partial charge in [-0.05, 0) is 55.5 Å². The Morgan fingerprint density at radius 3 is 2.52 bits per heavy atom. The molecule has 1 aliphatic carbocycles. The van der Waals surface area contributed by atoms with Crippen LogP contribution in [-0.2, 0) is 21.4 Å². The molecular formula is C30H27F4N3O5. The number of ether oxygens (including phenoxy) is 2. The fraction of sp³-hybridized carbons (Fsp3) is 0.333. The van der Waals surface area contributed by atoms with Gasteiger partial charge in [-0.3, -0.25) is 9.78 Å². The van der Waals surface area contributed by atoms with Gasteiger partial charge in [0.1, 0.15) is 17.0 Å². The molecule has 42 heavy (non-hydrogen) atoms. The number of nitrogens with one attached hydrogen (secondary N) is 1. The van der Waals surface area contributed by atoms with Gasteiger partial charge in [0.05, 0.1) is 25.7 Å². The molecule has 0 unspecified atom stereocenters. The summed E-state index contributed by atoms with van der Waals surface area (Å²) in [5.41, 5.74) is -0.180. The number of benzene rings is 2. The second-order valence-electron chi connectivity index (χ2n) is 10.3. The predicted molar refractivity (Wildman–Crippen MR) is 145 cm³/mol. The number of Topliss-reactive ketones (excluding diaryl/α,β-unsaturated/α-hetero) is 1. The Bertz CT molecular complexity index is 1650. The van der Waals surface area contributed by atoms with E-state index in [1.165, 1.54) is 26.2 Å². The van der Waals surface area contributed by atoms with Crippen LogP contribution < -0.4 is 14.8 Å². The number of aromatic nitrogens is 2. The van der Waals surface area contributed by atoms with Crippen LogP contribution in [0.25, 0.3) is 22.0 Å². The number of nitrogens with zero attached hydrogens (tertiary/aromatic N) is 2. The highest BCUT2D eigenvalue weighted by Crippen LogP contribution is 2.59. The molecule has 0 saturated heterocycles. The van der Waals surface area contributed by atoms with Crippen LogP contribution in [0.2, 0.25) is 0 Å². The Morgan fingerprint density at radius 2 is 1.86 bits per heavy atom. The summed E-state index contributed by atoms with van der Waals surface area (Å²) in [6, 6.07) is 10.8. The average molecular weight is 586 g/mol. The standard InChI is InChI=1S/C30H27F4N3O5/c1-17(38)4-3-9-41-25-12-20-10-21(16-35-23(20)14-24(25)40-2)18-5-6-19(22(31)11-18)13-28(39)36-27-15-26(42-37-27)29(7-8-29)30(32,33)34/h5-6,10-12,14-16H,3-4,7-9,13H2,1-2H3,(H,36,37,39). The molecule has 1 aliphatic rings. The minimum atomic E-state index is -4.47. The first kappa shape index (κ1) is 29.0. The smallest absolute Gasteiger partial charge is 0.401 e. The summed E-state index contributed by atoms with van der Waals surface area (Å²) in [7, 11) is 1.52. The van der Waals surface area contributed by atoms with Gasteiger partial charge in [-0.1, -0.05) is 17.3 Å². The van der Waals surface area contributed by atoms with Crippen LogP contribution in [0.15, 0.2) is 53.2 Å². The fourth-order valence-corrected chi connectivity index (χ4v) is 4.65. The molecule has 1 fully saturated rings. The van der Waals surface area contributed by atoms with Crippen molar-refractivity contribution in [3.05, 3.63) is 65.8 Å². The first-order chi connectivity index (χ1) is 20.0. The maximum absolute atomic E-state index is 15.0. The van der Waals surface area contributed by atoms with E-state index in [1.807, 2.05) is 6.07 Å². The van der Waals surface area contributed by atoms with Crippen LogP contribution in [0.3, 0.4) is 0 Å². The van der Waals surface area contributed by atoms with Gasteiger partial charge in [0.25, 0.3) is 0 Å². The third-order valence-corrected chi connectivity index (χ3v) is 7.18. The lowest BCUT2D eigenvalue weighted by Gasteiger charge is -2.14. The number of methoxy groups -OCH3 is 1. The zero-order valence-electron chi connectivity index (χ0n) is 22.8. The molecule has 8 nitrogen and oxygen atoms in total. The SMILES string of the molecule is COc1cc2ncc(-c3ccc(CC(=O)Nc4cc(C5(C(F)(F)F)CC5)on4)c(F)c3)cc2cc1OCCCC(C)=O. The Balaban J connectivity index is 1.27. The van der Waals surface area contributed by atoms with Crippen LogP contribution in [-0.4, -0.2) is 41.7 Å². The monoisotopic (exact) mass is 585 g/mol. The summed E-state index contributed by atoms with van der Waals surface area (Å²) in [6.07, 6.45) is -2.47. The highest BCUT2D eigenvalue weighted by atomic mass is 19.4. The molecule has 4 aromatic rings. The van der Waals surface area contributed by atoms with E-state index < -0.39 is 23.3 Å². The first-order valence-corrected chi connectivity index (χ1v) is 13.2. The highest BCUT2D eigenvalue weighted by molar-refractivity contribution is 5.91. The summed E-state index contributed by atoms with van der Waals surface area (Å²) < 4.78 is 71.0. The Morgan fingerprint density at radius 1 is 1.07 bits per heavy atom. The van der Waals surface area contributed by atoms with E-state index in [9.17, 15) is 22.8 Å². The van der Waals surface area contributed by atoms with Crippen LogP contribution >= 0.6 is 0 Å². The number of carbonyl (C=O) groups excluding carboxylic acids is 2. The molecule has 0 aliphatic heterocycles. The molecule has 1 N–H and O–H groups in total. The average Bonchev–Trinajstić information content (AvgIpc) is 3.65. The molecule has 12 heteroatoms. The maximum Gasteiger partial charge on any atom is 0.401 e. The number of pyridine rings is 1. The van der Waals surface area contributed by atoms with Gasteiger partial charge in [0.2, 0.25) is 5.91 Å². The molecule has 0 atom stereocenters. The molecule has 2 aromatic carbocycles. The van der Waals surface area contributed by atoms with Crippen molar-refractivity contribution >= 4 is 28.4 Å². The van der Waals surface area contributed by atoms with Crippen molar-refractivity contribution in [2.24, 2.45) is 0 Å². The third-order valence-electron chi connectivity index (χ3n) is 7.18. The van der Waals surface area contributed by atoms with E-state index in [2.05, 4.69) is 15.5 Å². The van der Waals surface area contributed by atoms with Gasteiger partial charge in [0, 0.05) is 35.7 Å². The summed E-state index contributed by atoms with van der Waals surface area (Å²) >= 11 is 0. The van der Waals surface area contributed by atoms with Crippen LogP contribution in [0, 0.1) is 5.82 Å². The second-order valence-corrected chi connectivity index (χ2v) is 10.3. The van der Waals surface area contributed by atoms with Crippen molar-refractivity contribution in [3.8, 4) is 22.6 Å². The number of fused-ring (bicyclic) bond motifs is 1. The van der Waals surface area contributed by atoms with E-state index in [0.29, 0.717) is 47.6 Å². The lowest BCUT2D eigenvalue weighted by atomic mass is 10.0. The maximum atomic E-state index is 15.0. The number of hydrogen-bond acceptors (Lipinski definition) is 7. The normalized spacial score (nSPS) is 14.0.